The fourth-order valence-electron chi connectivity index (χ4n) is 2.53. The third-order valence-electron chi connectivity index (χ3n) is 3.61. The fourth-order valence-corrected chi connectivity index (χ4v) is 2.53. The SMILES string of the molecule is CC1OCCC1C(=O)NC1CCCCNC1. The number of carbonyl (C=O) groups is 1. The maximum Gasteiger partial charge on any atom is 0.226 e. The Labute approximate surface area is 97.1 Å². The molecule has 4 heteroatoms. The first kappa shape index (κ1) is 11.9. The van der Waals surface area contributed by atoms with Gasteiger partial charge in [-0.2, -0.15) is 0 Å². The standard InChI is InChI=1S/C12H22N2O2/c1-9-11(5-7-16-9)12(15)14-10-4-2-3-6-13-8-10/h9-11,13H,2-8H2,1H3,(H,14,15). The highest BCUT2D eigenvalue weighted by molar-refractivity contribution is 5.79. The second-order valence-electron chi connectivity index (χ2n) is 4.88. The third-order valence-corrected chi connectivity index (χ3v) is 3.61. The number of carbonyl (C=O) groups excluding carboxylic acids is 1. The predicted octanol–water partition coefficient (Wildman–Crippen LogP) is 0.670. The molecule has 0 saturated carbocycles. The summed E-state index contributed by atoms with van der Waals surface area (Å²) in [6.07, 6.45) is 4.47. The van der Waals surface area contributed by atoms with Gasteiger partial charge in [-0.3, -0.25) is 4.79 Å². The first-order valence-corrected chi connectivity index (χ1v) is 6.40. The lowest BCUT2D eigenvalue weighted by Crippen LogP contribution is -2.44. The van der Waals surface area contributed by atoms with E-state index in [0.29, 0.717) is 6.04 Å². The highest BCUT2D eigenvalue weighted by atomic mass is 16.5. The van der Waals surface area contributed by atoms with Gasteiger partial charge >= 0.3 is 0 Å². The number of ether oxygens (including phenoxy) is 1. The van der Waals surface area contributed by atoms with E-state index < -0.39 is 0 Å². The molecule has 1 amide bonds. The van der Waals surface area contributed by atoms with Crippen molar-refractivity contribution in [3.63, 3.8) is 0 Å². The van der Waals surface area contributed by atoms with E-state index >= 15 is 0 Å². The lowest BCUT2D eigenvalue weighted by Gasteiger charge is -2.20. The smallest absolute Gasteiger partial charge is 0.226 e. The molecule has 16 heavy (non-hydrogen) atoms. The van der Waals surface area contributed by atoms with E-state index in [4.69, 9.17) is 4.74 Å². The molecular formula is C12H22N2O2. The van der Waals surface area contributed by atoms with Crippen LogP contribution < -0.4 is 10.6 Å². The molecule has 0 aromatic carbocycles. The molecule has 4 nitrogen and oxygen atoms in total. The zero-order chi connectivity index (χ0) is 11.4. The van der Waals surface area contributed by atoms with Crippen LogP contribution in [0.5, 0.6) is 0 Å². The number of amides is 1. The van der Waals surface area contributed by atoms with Crippen LogP contribution in [0.15, 0.2) is 0 Å². The summed E-state index contributed by atoms with van der Waals surface area (Å²) in [5.41, 5.74) is 0. The second-order valence-corrected chi connectivity index (χ2v) is 4.88. The summed E-state index contributed by atoms with van der Waals surface area (Å²) in [6, 6.07) is 0.308. The van der Waals surface area contributed by atoms with Crippen molar-refractivity contribution in [2.45, 2.75) is 44.8 Å². The van der Waals surface area contributed by atoms with Gasteiger partial charge < -0.3 is 15.4 Å². The van der Waals surface area contributed by atoms with Gasteiger partial charge in [0.1, 0.15) is 0 Å². The van der Waals surface area contributed by atoms with Gasteiger partial charge in [0.2, 0.25) is 5.91 Å². The molecule has 0 aliphatic carbocycles. The number of hydrogen-bond acceptors (Lipinski definition) is 3. The van der Waals surface area contributed by atoms with Crippen LogP contribution in [0.25, 0.3) is 0 Å². The van der Waals surface area contributed by atoms with Crippen molar-refractivity contribution in [2.75, 3.05) is 19.7 Å². The molecule has 2 saturated heterocycles. The average Bonchev–Trinajstić information content (AvgIpc) is 2.53. The Kier molecular flexibility index (Phi) is 4.18. The quantitative estimate of drug-likeness (QED) is 0.727. The molecule has 2 heterocycles. The summed E-state index contributed by atoms with van der Waals surface area (Å²) < 4.78 is 5.42. The number of nitrogens with one attached hydrogen (secondary N) is 2. The van der Waals surface area contributed by atoms with E-state index in [-0.39, 0.29) is 17.9 Å². The van der Waals surface area contributed by atoms with Crippen LogP contribution in [0.2, 0.25) is 0 Å². The lowest BCUT2D eigenvalue weighted by atomic mass is 10.0. The zero-order valence-electron chi connectivity index (χ0n) is 10.00. The van der Waals surface area contributed by atoms with Crippen molar-refractivity contribution in [1.29, 1.82) is 0 Å². The molecule has 0 radical (unpaired) electrons. The Bertz CT molecular complexity index is 237. The maximum absolute atomic E-state index is 12.0. The van der Waals surface area contributed by atoms with E-state index in [1.807, 2.05) is 6.92 Å². The fraction of sp³-hybridized carbons (Fsp3) is 0.917. The highest BCUT2D eigenvalue weighted by Crippen LogP contribution is 2.20. The van der Waals surface area contributed by atoms with Gasteiger partial charge in [-0.05, 0) is 32.7 Å². The summed E-state index contributed by atoms with van der Waals surface area (Å²) >= 11 is 0. The highest BCUT2D eigenvalue weighted by Gasteiger charge is 2.31. The Morgan fingerprint density at radius 1 is 1.38 bits per heavy atom. The monoisotopic (exact) mass is 226 g/mol. The number of hydrogen-bond donors (Lipinski definition) is 2. The summed E-state index contributed by atoms with van der Waals surface area (Å²) in [4.78, 5) is 12.0. The molecular weight excluding hydrogens is 204 g/mol. The van der Waals surface area contributed by atoms with Crippen molar-refractivity contribution in [3.8, 4) is 0 Å². The van der Waals surface area contributed by atoms with Crippen molar-refractivity contribution in [2.24, 2.45) is 5.92 Å². The van der Waals surface area contributed by atoms with E-state index in [1.54, 1.807) is 0 Å². The van der Waals surface area contributed by atoms with Gasteiger partial charge in [-0.15, -0.1) is 0 Å². The zero-order valence-corrected chi connectivity index (χ0v) is 10.00. The van der Waals surface area contributed by atoms with Crippen LogP contribution >= 0.6 is 0 Å². The summed E-state index contributed by atoms with van der Waals surface area (Å²) in [5, 5.41) is 6.51. The van der Waals surface area contributed by atoms with Crippen LogP contribution in [-0.4, -0.2) is 37.7 Å². The Morgan fingerprint density at radius 3 is 3.00 bits per heavy atom. The summed E-state index contributed by atoms with van der Waals surface area (Å²) in [5.74, 6) is 0.238. The van der Waals surface area contributed by atoms with E-state index in [2.05, 4.69) is 10.6 Å². The molecule has 2 aliphatic rings. The predicted molar refractivity (Wildman–Crippen MR) is 62.2 cm³/mol. The van der Waals surface area contributed by atoms with Crippen molar-refractivity contribution >= 4 is 5.91 Å². The van der Waals surface area contributed by atoms with Crippen molar-refractivity contribution in [1.82, 2.24) is 10.6 Å². The molecule has 0 bridgehead atoms. The topological polar surface area (TPSA) is 50.4 Å². The summed E-state index contributed by atoms with van der Waals surface area (Å²) in [6.45, 7) is 4.70. The lowest BCUT2D eigenvalue weighted by molar-refractivity contribution is -0.127. The van der Waals surface area contributed by atoms with Crippen LogP contribution in [0.1, 0.15) is 32.6 Å². The molecule has 0 aromatic heterocycles. The van der Waals surface area contributed by atoms with E-state index in [1.165, 1.54) is 12.8 Å². The van der Waals surface area contributed by atoms with E-state index in [0.717, 1.165) is 32.5 Å². The van der Waals surface area contributed by atoms with Gasteiger partial charge in [0.15, 0.2) is 0 Å². The molecule has 2 fully saturated rings. The second kappa shape index (κ2) is 5.64. The van der Waals surface area contributed by atoms with Crippen molar-refractivity contribution in [3.05, 3.63) is 0 Å². The molecule has 3 unspecified atom stereocenters. The molecule has 3 atom stereocenters. The van der Waals surface area contributed by atoms with Gasteiger partial charge in [0.05, 0.1) is 12.0 Å². The third kappa shape index (κ3) is 2.95. The van der Waals surface area contributed by atoms with Crippen LogP contribution in [0, 0.1) is 5.92 Å². The van der Waals surface area contributed by atoms with Gasteiger partial charge in [0, 0.05) is 19.2 Å². The van der Waals surface area contributed by atoms with Crippen LogP contribution in [0.3, 0.4) is 0 Å². The normalized spacial score (nSPS) is 35.7. The maximum atomic E-state index is 12.0. The molecule has 2 aliphatic heterocycles. The molecule has 0 aromatic rings. The van der Waals surface area contributed by atoms with Crippen LogP contribution in [0.4, 0.5) is 0 Å². The minimum Gasteiger partial charge on any atom is -0.378 e. The average molecular weight is 226 g/mol. The molecule has 2 N–H and O–H groups in total. The molecule has 2 rings (SSSR count). The van der Waals surface area contributed by atoms with Crippen LogP contribution in [-0.2, 0) is 9.53 Å². The minimum absolute atomic E-state index is 0.0586. The Hall–Kier alpha value is -0.610. The Morgan fingerprint density at radius 2 is 2.25 bits per heavy atom. The molecule has 0 spiro atoms. The Balaban J connectivity index is 1.81. The summed E-state index contributed by atoms with van der Waals surface area (Å²) in [7, 11) is 0. The molecule has 92 valence electrons. The van der Waals surface area contributed by atoms with Crippen molar-refractivity contribution < 1.29 is 9.53 Å². The van der Waals surface area contributed by atoms with Gasteiger partial charge in [-0.25, -0.2) is 0 Å². The van der Waals surface area contributed by atoms with Gasteiger partial charge in [-0.1, -0.05) is 6.42 Å². The minimum atomic E-state index is 0.0586. The van der Waals surface area contributed by atoms with Gasteiger partial charge in [0.25, 0.3) is 0 Å². The first-order valence-electron chi connectivity index (χ1n) is 6.40. The largest absolute Gasteiger partial charge is 0.378 e. The number of rotatable bonds is 2. The first-order chi connectivity index (χ1) is 7.77. The van der Waals surface area contributed by atoms with E-state index in [9.17, 15) is 4.79 Å².